The maximum absolute atomic E-state index is 6.19. The summed E-state index contributed by atoms with van der Waals surface area (Å²) in [5.41, 5.74) is 10.4. The van der Waals surface area contributed by atoms with Crippen LogP contribution in [0.1, 0.15) is 48.5 Å². The minimum Gasteiger partial charge on any atom is -0.382 e. The highest BCUT2D eigenvalue weighted by Crippen LogP contribution is 2.12. The molecule has 0 rings (SSSR count). The van der Waals surface area contributed by atoms with Crippen LogP contribution in [0.25, 0.3) is 0 Å². The first kappa shape index (κ1) is 29.6. The van der Waals surface area contributed by atoms with Crippen molar-refractivity contribution >= 4 is 0 Å². The van der Waals surface area contributed by atoms with Crippen molar-refractivity contribution in [3.05, 3.63) is 0 Å². The summed E-state index contributed by atoms with van der Waals surface area (Å²) < 4.78 is 39.1. The maximum atomic E-state index is 6.19. The van der Waals surface area contributed by atoms with Crippen molar-refractivity contribution in [2.24, 2.45) is 11.5 Å². The number of hydrogen-bond acceptors (Lipinski definition) is 9. The lowest BCUT2D eigenvalue weighted by Gasteiger charge is -2.33. The van der Waals surface area contributed by atoms with Gasteiger partial charge in [-0.25, -0.2) is 0 Å². The number of ether oxygens (including phenoxy) is 7. The van der Waals surface area contributed by atoms with Gasteiger partial charge in [0.15, 0.2) is 0 Å². The van der Waals surface area contributed by atoms with Crippen LogP contribution in [0.5, 0.6) is 0 Å². The minimum absolute atomic E-state index is 0.00501. The van der Waals surface area contributed by atoms with Gasteiger partial charge >= 0.3 is 0 Å². The molecule has 9 nitrogen and oxygen atoms in total. The van der Waals surface area contributed by atoms with Gasteiger partial charge in [-0.05, 0) is 48.5 Å². The van der Waals surface area contributed by atoms with Crippen molar-refractivity contribution in [3.63, 3.8) is 0 Å². The molecule has 0 spiro atoms. The number of methoxy groups -OCH3 is 1. The highest BCUT2D eigenvalue weighted by molar-refractivity contribution is 4.73. The van der Waals surface area contributed by atoms with Crippen LogP contribution in [0.2, 0.25) is 0 Å². The van der Waals surface area contributed by atoms with Gasteiger partial charge in [-0.3, -0.25) is 0 Å². The topological polar surface area (TPSA) is 117 Å². The van der Waals surface area contributed by atoms with Crippen LogP contribution in [0, 0.1) is 0 Å². The first-order valence-corrected chi connectivity index (χ1v) is 10.7. The Kier molecular flexibility index (Phi) is 15.3. The lowest BCUT2D eigenvalue weighted by atomic mass is 10.2. The van der Waals surface area contributed by atoms with E-state index in [2.05, 4.69) is 0 Å². The monoisotopic (exact) mass is 438 g/mol. The highest BCUT2D eigenvalue weighted by Gasteiger charge is 2.28. The van der Waals surface area contributed by atoms with Crippen LogP contribution in [0.4, 0.5) is 0 Å². The zero-order valence-electron chi connectivity index (χ0n) is 20.3. The van der Waals surface area contributed by atoms with Crippen molar-refractivity contribution in [1.29, 1.82) is 0 Å². The van der Waals surface area contributed by atoms with Gasteiger partial charge in [-0.2, -0.15) is 0 Å². The van der Waals surface area contributed by atoms with Gasteiger partial charge in [0.1, 0.15) is 11.4 Å². The van der Waals surface area contributed by atoms with Gasteiger partial charge in [-0.15, -0.1) is 0 Å². The summed E-state index contributed by atoms with van der Waals surface area (Å²) in [6.07, 6.45) is -0.206. The molecule has 0 bridgehead atoms. The number of hydrogen-bond donors (Lipinski definition) is 2. The van der Waals surface area contributed by atoms with E-state index in [1.165, 1.54) is 0 Å². The minimum atomic E-state index is -1.01. The van der Waals surface area contributed by atoms with Crippen molar-refractivity contribution in [2.75, 3.05) is 53.4 Å². The number of rotatable bonds is 19. The molecule has 0 heterocycles. The summed E-state index contributed by atoms with van der Waals surface area (Å²) in [5, 5.41) is 0. The molecule has 0 aromatic rings. The zero-order valence-corrected chi connectivity index (χ0v) is 20.3. The van der Waals surface area contributed by atoms with E-state index in [1.807, 2.05) is 34.6 Å². The normalized spacial score (nSPS) is 20.2. The lowest BCUT2D eigenvalue weighted by molar-refractivity contribution is -0.169. The van der Waals surface area contributed by atoms with Crippen LogP contribution in [0.3, 0.4) is 0 Å². The van der Waals surface area contributed by atoms with Crippen molar-refractivity contribution in [3.8, 4) is 0 Å². The molecule has 0 amide bonds. The number of nitrogens with two attached hydrogens (primary N) is 2. The smallest absolute Gasteiger partial charge is 0.137 e. The van der Waals surface area contributed by atoms with Crippen molar-refractivity contribution in [1.82, 2.24) is 0 Å². The first-order valence-electron chi connectivity index (χ1n) is 10.7. The predicted octanol–water partition coefficient (Wildman–Crippen LogP) is 1.66. The zero-order chi connectivity index (χ0) is 23.2. The Balaban J connectivity index is 4.14. The van der Waals surface area contributed by atoms with Gasteiger partial charge in [0.2, 0.25) is 0 Å². The third-order valence-corrected chi connectivity index (χ3v) is 4.07. The lowest BCUT2D eigenvalue weighted by Crippen LogP contribution is -2.52. The van der Waals surface area contributed by atoms with Crippen LogP contribution >= 0.6 is 0 Å². The molecule has 0 fully saturated rings. The highest BCUT2D eigenvalue weighted by atomic mass is 16.6. The summed E-state index contributed by atoms with van der Waals surface area (Å²) in [6, 6.07) is 0. The van der Waals surface area contributed by atoms with E-state index in [0.717, 1.165) is 0 Å². The molecule has 1 unspecified atom stereocenters. The molecular weight excluding hydrogens is 392 g/mol. The van der Waals surface area contributed by atoms with Crippen LogP contribution in [-0.4, -0.2) is 89.2 Å². The summed E-state index contributed by atoms with van der Waals surface area (Å²) in [5.74, 6) is 0. The molecule has 182 valence electrons. The average Bonchev–Trinajstić information content (AvgIpc) is 2.67. The fourth-order valence-corrected chi connectivity index (χ4v) is 2.32. The van der Waals surface area contributed by atoms with Crippen molar-refractivity contribution in [2.45, 2.75) is 84.3 Å². The summed E-state index contributed by atoms with van der Waals surface area (Å²) in [4.78, 5) is 0. The third-order valence-electron chi connectivity index (χ3n) is 4.07. The first-order chi connectivity index (χ1) is 13.9. The second kappa shape index (κ2) is 15.4. The Hall–Kier alpha value is -0.360. The summed E-state index contributed by atoms with van der Waals surface area (Å²) >= 11 is 0. The quantitative estimate of drug-likeness (QED) is 0.290. The van der Waals surface area contributed by atoms with Gasteiger partial charge in [0, 0.05) is 13.7 Å². The molecule has 0 aromatic heterocycles. The molecule has 0 aliphatic rings. The Morgan fingerprint density at radius 1 is 0.633 bits per heavy atom. The summed E-state index contributed by atoms with van der Waals surface area (Å²) in [7, 11) is 1.64. The van der Waals surface area contributed by atoms with Crippen LogP contribution in [0.15, 0.2) is 0 Å². The molecule has 0 aliphatic heterocycles. The fourth-order valence-electron chi connectivity index (χ4n) is 2.32. The average molecular weight is 439 g/mol. The van der Waals surface area contributed by atoms with Crippen LogP contribution in [-0.2, 0) is 33.2 Å². The summed E-state index contributed by atoms with van der Waals surface area (Å²) in [6.45, 7) is 16.0. The van der Waals surface area contributed by atoms with E-state index in [0.29, 0.717) is 33.0 Å². The maximum Gasteiger partial charge on any atom is 0.137 e. The molecule has 6 atom stereocenters. The Labute approximate surface area is 183 Å². The van der Waals surface area contributed by atoms with Gasteiger partial charge in [-0.1, -0.05) is 0 Å². The van der Waals surface area contributed by atoms with E-state index in [1.54, 1.807) is 21.0 Å². The molecule has 0 aromatic carbocycles. The largest absolute Gasteiger partial charge is 0.382 e. The van der Waals surface area contributed by atoms with Crippen molar-refractivity contribution < 1.29 is 33.2 Å². The molecular formula is C21H46N2O7. The molecule has 0 radical (unpaired) electrons. The molecule has 0 saturated carbocycles. The molecule has 0 aliphatic carbocycles. The van der Waals surface area contributed by atoms with Gasteiger partial charge in [0.25, 0.3) is 0 Å². The second-order valence-corrected chi connectivity index (χ2v) is 8.36. The molecule has 0 saturated heterocycles. The molecule has 30 heavy (non-hydrogen) atoms. The van der Waals surface area contributed by atoms with E-state index in [9.17, 15) is 0 Å². The SMILES string of the molecule is CCO[C@H](C)COC(C)CO[C@](C)(N)CO[C@](C)(N)CO[C@H](C)CO[C@H](C)COC. The Morgan fingerprint density at radius 3 is 1.63 bits per heavy atom. The van der Waals surface area contributed by atoms with E-state index >= 15 is 0 Å². The van der Waals surface area contributed by atoms with Gasteiger partial charge in [0.05, 0.1) is 64.1 Å². The Morgan fingerprint density at radius 2 is 1.10 bits per heavy atom. The molecule has 9 heteroatoms. The van der Waals surface area contributed by atoms with Gasteiger partial charge < -0.3 is 44.6 Å². The van der Waals surface area contributed by atoms with E-state index in [4.69, 9.17) is 44.6 Å². The van der Waals surface area contributed by atoms with E-state index in [-0.39, 0.29) is 37.6 Å². The third kappa shape index (κ3) is 16.3. The molecule has 4 N–H and O–H groups in total. The predicted molar refractivity (Wildman–Crippen MR) is 116 cm³/mol. The Bertz CT molecular complexity index is 386. The van der Waals surface area contributed by atoms with Crippen LogP contribution < -0.4 is 11.5 Å². The fraction of sp³-hybridized carbons (Fsp3) is 1.00. The van der Waals surface area contributed by atoms with E-state index < -0.39 is 11.4 Å². The standard InChI is InChI=1S/C21H46N2O7/c1-9-25-17(3)11-27-19(5)13-29-21(7,23)15-30-20(6,22)14-28-18(4)12-26-16(2)10-24-8/h16-19H,9-15,22-23H2,1-8H3/t16-,17-,18-,19?,20+,21+/m1/s1. The second-order valence-electron chi connectivity index (χ2n) is 8.36.